The number of fused-ring (bicyclic) bond motifs is 1. The van der Waals surface area contributed by atoms with Crippen LogP contribution >= 0.6 is 11.3 Å². The van der Waals surface area contributed by atoms with Gasteiger partial charge >= 0.3 is 5.97 Å². The number of para-hydroxylation sites is 1. The van der Waals surface area contributed by atoms with Crippen LogP contribution in [0.4, 0.5) is 0 Å². The molecule has 0 unspecified atom stereocenters. The number of rotatable bonds is 6. The van der Waals surface area contributed by atoms with Crippen LogP contribution in [0, 0.1) is 6.92 Å². The van der Waals surface area contributed by atoms with Crippen molar-refractivity contribution in [3.8, 4) is 0 Å². The predicted molar refractivity (Wildman–Crippen MR) is 89.3 cm³/mol. The van der Waals surface area contributed by atoms with Gasteiger partial charge in [0.25, 0.3) is 0 Å². The van der Waals surface area contributed by atoms with Gasteiger partial charge in [0.1, 0.15) is 6.04 Å². The molecule has 0 amide bonds. The minimum atomic E-state index is -0.821. The number of hydrogen-bond donors (Lipinski definition) is 3. The largest absolute Gasteiger partial charge is 0.480 e. The van der Waals surface area contributed by atoms with E-state index in [2.05, 4.69) is 23.3 Å². The van der Waals surface area contributed by atoms with Crippen LogP contribution in [0.1, 0.15) is 15.3 Å². The van der Waals surface area contributed by atoms with E-state index in [1.54, 1.807) is 11.3 Å². The van der Waals surface area contributed by atoms with Gasteiger partial charge in [0.15, 0.2) is 0 Å². The molecule has 5 heteroatoms. The van der Waals surface area contributed by atoms with Crippen molar-refractivity contribution in [1.29, 1.82) is 0 Å². The summed E-state index contributed by atoms with van der Waals surface area (Å²) >= 11 is 1.69. The van der Waals surface area contributed by atoms with Gasteiger partial charge in [0, 0.05) is 39.8 Å². The lowest BCUT2D eigenvalue weighted by Crippen LogP contribution is -2.37. The highest BCUT2D eigenvalue weighted by Crippen LogP contribution is 2.20. The second-order valence-electron chi connectivity index (χ2n) is 5.35. The Morgan fingerprint density at radius 1 is 1.32 bits per heavy atom. The summed E-state index contributed by atoms with van der Waals surface area (Å²) in [4.78, 5) is 17.1. The van der Waals surface area contributed by atoms with Crippen molar-refractivity contribution in [3.05, 3.63) is 57.9 Å². The minimum absolute atomic E-state index is 0.462. The third-order valence-electron chi connectivity index (χ3n) is 3.72. The number of aryl methyl sites for hydroxylation is 1. The number of nitrogens with one attached hydrogen (secondary N) is 2. The molecule has 3 aromatic rings. The number of H-pyrrole nitrogens is 1. The van der Waals surface area contributed by atoms with E-state index in [-0.39, 0.29) is 0 Å². The Balaban J connectivity index is 1.73. The third kappa shape index (κ3) is 3.21. The maximum atomic E-state index is 11.5. The van der Waals surface area contributed by atoms with Gasteiger partial charge in [-0.1, -0.05) is 18.2 Å². The van der Waals surface area contributed by atoms with Crippen LogP contribution in [0.15, 0.2) is 42.6 Å². The maximum absolute atomic E-state index is 11.5. The van der Waals surface area contributed by atoms with Crippen LogP contribution in [-0.4, -0.2) is 22.1 Å². The summed E-state index contributed by atoms with van der Waals surface area (Å²) in [5.74, 6) is -0.821. The van der Waals surface area contributed by atoms with E-state index in [1.165, 1.54) is 4.88 Å². The number of aromatic amines is 1. The van der Waals surface area contributed by atoms with Crippen LogP contribution in [-0.2, 0) is 17.8 Å². The highest BCUT2D eigenvalue weighted by Gasteiger charge is 2.19. The smallest absolute Gasteiger partial charge is 0.321 e. The summed E-state index contributed by atoms with van der Waals surface area (Å²) in [6, 6.07) is 11.4. The first kappa shape index (κ1) is 14.8. The number of aliphatic carboxylic acids is 1. The molecule has 0 bridgehead atoms. The molecule has 2 aromatic heterocycles. The molecule has 3 rings (SSSR count). The molecule has 4 nitrogen and oxygen atoms in total. The second-order valence-corrected chi connectivity index (χ2v) is 6.72. The highest BCUT2D eigenvalue weighted by molar-refractivity contribution is 7.11. The summed E-state index contributed by atoms with van der Waals surface area (Å²) in [5, 5.41) is 13.7. The van der Waals surface area contributed by atoms with Crippen LogP contribution in [0.25, 0.3) is 10.9 Å². The zero-order valence-corrected chi connectivity index (χ0v) is 13.1. The van der Waals surface area contributed by atoms with Crippen molar-refractivity contribution in [2.45, 2.75) is 25.9 Å². The van der Waals surface area contributed by atoms with Gasteiger partial charge in [-0.15, -0.1) is 11.3 Å². The maximum Gasteiger partial charge on any atom is 0.321 e. The molecule has 114 valence electrons. The van der Waals surface area contributed by atoms with Gasteiger partial charge in [0.2, 0.25) is 0 Å². The SMILES string of the molecule is Cc1ccc(CN[C@@H](Cc2c[nH]c3ccccc23)C(=O)O)s1. The van der Waals surface area contributed by atoms with Crippen molar-refractivity contribution in [3.63, 3.8) is 0 Å². The van der Waals surface area contributed by atoms with Crippen LogP contribution < -0.4 is 5.32 Å². The molecule has 1 aromatic carbocycles. The Kier molecular flexibility index (Phi) is 4.27. The Morgan fingerprint density at radius 2 is 2.14 bits per heavy atom. The van der Waals surface area contributed by atoms with Crippen molar-refractivity contribution in [2.24, 2.45) is 0 Å². The molecule has 0 fully saturated rings. The third-order valence-corrected chi connectivity index (χ3v) is 4.72. The molecule has 0 aliphatic carbocycles. The molecule has 2 heterocycles. The van der Waals surface area contributed by atoms with E-state index < -0.39 is 12.0 Å². The van der Waals surface area contributed by atoms with Gasteiger partial charge in [0.05, 0.1) is 0 Å². The first-order valence-corrected chi connectivity index (χ1v) is 8.01. The summed E-state index contributed by atoms with van der Waals surface area (Å²) < 4.78 is 0. The van der Waals surface area contributed by atoms with Gasteiger partial charge in [-0.05, 0) is 30.7 Å². The number of benzene rings is 1. The van der Waals surface area contributed by atoms with E-state index in [4.69, 9.17) is 0 Å². The summed E-state index contributed by atoms with van der Waals surface area (Å²) in [6.07, 6.45) is 2.36. The van der Waals surface area contributed by atoms with E-state index in [0.717, 1.165) is 21.3 Å². The molecule has 0 saturated carbocycles. The van der Waals surface area contributed by atoms with E-state index in [0.29, 0.717) is 13.0 Å². The number of aromatic nitrogens is 1. The molecule has 0 radical (unpaired) electrons. The van der Waals surface area contributed by atoms with Crippen molar-refractivity contribution >= 4 is 28.2 Å². The molecule has 0 saturated heterocycles. The molecular weight excluding hydrogens is 296 g/mol. The van der Waals surface area contributed by atoms with Gasteiger partial charge in [-0.3, -0.25) is 10.1 Å². The summed E-state index contributed by atoms with van der Waals surface area (Å²) in [7, 11) is 0. The molecule has 0 spiro atoms. The van der Waals surface area contributed by atoms with Gasteiger partial charge in [-0.2, -0.15) is 0 Å². The van der Waals surface area contributed by atoms with E-state index in [9.17, 15) is 9.90 Å². The van der Waals surface area contributed by atoms with Crippen LogP contribution in [0.2, 0.25) is 0 Å². The molecule has 22 heavy (non-hydrogen) atoms. The fourth-order valence-corrected chi connectivity index (χ4v) is 3.41. The van der Waals surface area contributed by atoms with Crippen molar-refractivity contribution < 1.29 is 9.90 Å². The topological polar surface area (TPSA) is 65.1 Å². The first-order chi connectivity index (χ1) is 10.6. The molecule has 0 aliphatic rings. The second kappa shape index (κ2) is 6.34. The van der Waals surface area contributed by atoms with Gasteiger partial charge in [-0.25, -0.2) is 0 Å². The average Bonchev–Trinajstić information content (AvgIpc) is 3.10. The lowest BCUT2D eigenvalue weighted by atomic mass is 10.1. The quantitative estimate of drug-likeness (QED) is 0.654. The standard InChI is InChI=1S/C17H18N2O2S/c1-11-6-7-13(22-11)10-19-16(17(20)21)8-12-9-18-15-5-3-2-4-14(12)15/h2-7,9,16,18-19H,8,10H2,1H3,(H,20,21)/t16-/m0/s1. The minimum Gasteiger partial charge on any atom is -0.480 e. The highest BCUT2D eigenvalue weighted by atomic mass is 32.1. The number of carboxylic acids is 1. The van der Waals surface area contributed by atoms with Crippen LogP contribution in [0.3, 0.4) is 0 Å². The fraction of sp³-hybridized carbons (Fsp3) is 0.235. The lowest BCUT2D eigenvalue weighted by Gasteiger charge is -2.13. The molecule has 0 aliphatic heterocycles. The zero-order chi connectivity index (χ0) is 15.5. The number of thiophene rings is 1. The monoisotopic (exact) mass is 314 g/mol. The molecule has 1 atom stereocenters. The predicted octanol–water partition coefficient (Wildman–Crippen LogP) is 3.32. The zero-order valence-electron chi connectivity index (χ0n) is 12.3. The Morgan fingerprint density at radius 3 is 2.86 bits per heavy atom. The summed E-state index contributed by atoms with van der Waals surface area (Å²) in [6.45, 7) is 2.63. The average molecular weight is 314 g/mol. The Bertz CT molecular complexity index is 791. The van der Waals surface area contributed by atoms with E-state index >= 15 is 0 Å². The molecular formula is C17H18N2O2S. The van der Waals surface area contributed by atoms with Crippen molar-refractivity contribution in [2.75, 3.05) is 0 Å². The molecule has 3 N–H and O–H groups in total. The normalized spacial score (nSPS) is 12.6. The van der Waals surface area contributed by atoms with Crippen molar-refractivity contribution in [1.82, 2.24) is 10.3 Å². The first-order valence-electron chi connectivity index (χ1n) is 7.20. The summed E-state index contributed by atoms with van der Waals surface area (Å²) in [5.41, 5.74) is 2.06. The fourth-order valence-electron chi connectivity index (χ4n) is 2.57. The lowest BCUT2D eigenvalue weighted by molar-refractivity contribution is -0.139. The van der Waals surface area contributed by atoms with Gasteiger partial charge < -0.3 is 10.1 Å². The Hall–Kier alpha value is -2.11. The number of carbonyl (C=O) groups is 1. The van der Waals surface area contributed by atoms with E-state index in [1.807, 2.05) is 36.5 Å². The number of carboxylic acid groups (broad SMARTS) is 1. The van der Waals surface area contributed by atoms with Crippen LogP contribution in [0.5, 0.6) is 0 Å². The number of hydrogen-bond acceptors (Lipinski definition) is 3. The Labute approximate surface area is 132 Å².